The Labute approximate surface area is 101 Å². The second kappa shape index (κ2) is 5.55. The van der Waals surface area contributed by atoms with E-state index in [1.165, 1.54) is 5.56 Å². The van der Waals surface area contributed by atoms with E-state index in [1.807, 2.05) is 18.2 Å². The minimum Gasteiger partial charge on any atom is -0.497 e. The summed E-state index contributed by atoms with van der Waals surface area (Å²) in [6.45, 7) is 2.95. The van der Waals surface area contributed by atoms with Crippen LogP contribution in [0.4, 0.5) is 0 Å². The van der Waals surface area contributed by atoms with Crippen molar-refractivity contribution in [2.45, 2.75) is 19.5 Å². The highest BCUT2D eigenvalue weighted by Gasteiger charge is 2.05. The second-order valence-electron chi connectivity index (χ2n) is 4.01. The van der Waals surface area contributed by atoms with Gasteiger partial charge in [-0.25, -0.2) is 0 Å². The lowest BCUT2D eigenvalue weighted by Gasteiger charge is -2.13. The van der Waals surface area contributed by atoms with Crippen molar-refractivity contribution in [3.8, 4) is 5.75 Å². The van der Waals surface area contributed by atoms with Gasteiger partial charge in [0.25, 0.3) is 0 Å². The van der Waals surface area contributed by atoms with Crippen LogP contribution in [-0.2, 0) is 6.54 Å². The lowest BCUT2D eigenvalue weighted by Crippen LogP contribution is -2.17. The Morgan fingerprint density at radius 3 is 2.59 bits per heavy atom. The van der Waals surface area contributed by atoms with Gasteiger partial charge in [-0.15, -0.1) is 0 Å². The molecule has 1 aromatic carbocycles. The Balaban J connectivity index is 1.92. The first-order chi connectivity index (χ1) is 8.29. The SMILES string of the molecule is COc1ccc([C@H](C)NCc2ccoc2)cc1. The minimum atomic E-state index is 0.302. The topological polar surface area (TPSA) is 34.4 Å². The minimum absolute atomic E-state index is 0.302. The normalized spacial score (nSPS) is 12.4. The number of hydrogen-bond donors (Lipinski definition) is 1. The molecule has 3 nitrogen and oxygen atoms in total. The van der Waals surface area contributed by atoms with Gasteiger partial charge in [0.1, 0.15) is 5.75 Å². The first-order valence-electron chi connectivity index (χ1n) is 5.68. The van der Waals surface area contributed by atoms with Crippen molar-refractivity contribution >= 4 is 0 Å². The lowest BCUT2D eigenvalue weighted by atomic mass is 10.1. The standard InChI is InChI=1S/C14H17NO2/c1-11(15-9-12-7-8-17-10-12)13-3-5-14(16-2)6-4-13/h3-8,10-11,15H,9H2,1-2H3/t11-/m0/s1. The maximum Gasteiger partial charge on any atom is 0.118 e. The fraction of sp³-hybridized carbons (Fsp3) is 0.286. The summed E-state index contributed by atoms with van der Waals surface area (Å²) in [5.74, 6) is 0.885. The molecule has 0 fully saturated rings. The molecular weight excluding hydrogens is 214 g/mol. The average Bonchev–Trinajstić information content (AvgIpc) is 2.89. The van der Waals surface area contributed by atoms with Crippen molar-refractivity contribution < 1.29 is 9.15 Å². The van der Waals surface area contributed by atoms with E-state index in [0.29, 0.717) is 6.04 Å². The summed E-state index contributed by atoms with van der Waals surface area (Å²) in [6, 6.07) is 10.4. The van der Waals surface area contributed by atoms with Gasteiger partial charge in [-0.2, -0.15) is 0 Å². The number of ether oxygens (including phenoxy) is 1. The average molecular weight is 231 g/mol. The van der Waals surface area contributed by atoms with Gasteiger partial charge in [-0.3, -0.25) is 0 Å². The van der Waals surface area contributed by atoms with Crippen LogP contribution in [0.3, 0.4) is 0 Å². The van der Waals surface area contributed by atoms with Gasteiger partial charge in [0.15, 0.2) is 0 Å². The summed E-state index contributed by atoms with van der Waals surface area (Å²) in [6.07, 6.45) is 3.45. The molecule has 0 bridgehead atoms. The molecular formula is C14H17NO2. The zero-order valence-corrected chi connectivity index (χ0v) is 10.1. The van der Waals surface area contributed by atoms with Crippen molar-refractivity contribution in [2.75, 3.05) is 7.11 Å². The van der Waals surface area contributed by atoms with E-state index in [1.54, 1.807) is 19.6 Å². The predicted molar refractivity (Wildman–Crippen MR) is 67.0 cm³/mol. The van der Waals surface area contributed by atoms with E-state index in [0.717, 1.165) is 17.9 Å². The number of methoxy groups -OCH3 is 1. The largest absolute Gasteiger partial charge is 0.497 e. The summed E-state index contributed by atoms with van der Waals surface area (Å²) in [5.41, 5.74) is 2.40. The summed E-state index contributed by atoms with van der Waals surface area (Å²) in [5, 5.41) is 3.44. The van der Waals surface area contributed by atoms with Crippen LogP contribution in [0.15, 0.2) is 47.3 Å². The Kier molecular flexibility index (Phi) is 3.83. The summed E-state index contributed by atoms with van der Waals surface area (Å²) >= 11 is 0. The fourth-order valence-corrected chi connectivity index (χ4v) is 1.67. The third-order valence-electron chi connectivity index (χ3n) is 2.81. The maximum atomic E-state index is 5.13. The molecule has 1 atom stereocenters. The highest BCUT2D eigenvalue weighted by atomic mass is 16.5. The fourth-order valence-electron chi connectivity index (χ4n) is 1.67. The highest BCUT2D eigenvalue weighted by molar-refractivity contribution is 5.28. The smallest absolute Gasteiger partial charge is 0.118 e. The number of rotatable bonds is 5. The van der Waals surface area contributed by atoms with E-state index in [4.69, 9.17) is 9.15 Å². The molecule has 0 aliphatic carbocycles. The Bertz CT molecular complexity index is 434. The van der Waals surface area contributed by atoms with Crippen LogP contribution < -0.4 is 10.1 Å². The molecule has 2 rings (SSSR count). The molecule has 0 spiro atoms. The van der Waals surface area contributed by atoms with Crippen LogP contribution >= 0.6 is 0 Å². The Morgan fingerprint density at radius 1 is 1.24 bits per heavy atom. The third kappa shape index (κ3) is 3.11. The summed E-state index contributed by atoms with van der Waals surface area (Å²) in [4.78, 5) is 0. The monoisotopic (exact) mass is 231 g/mol. The molecule has 1 N–H and O–H groups in total. The third-order valence-corrected chi connectivity index (χ3v) is 2.81. The molecule has 0 radical (unpaired) electrons. The Hall–Kier alpha value is -1.74. The quantitative estimate of drug-likeness (QED) is 0.858. The van der Waals surface area contributed by atoms with E-state index >= 15 is 0 Å². The molecule has 0 aliphatic heterocycles. The van der Waals surface area contributed by atoms with E-state index in [2.05, 4.69) is 24.4 Å². The predicted octanol–water partition coefficient (Wildman–Crippen LogP) is 3.14. The molecule has 1 heterocycles. The molecule has 2 aromatic rings. The number of nitrogens with one attached hydrogen (secondary N) is 1. The molecule has 1 aromatic heterocycles. The van der Waals surface area contributed by atoms with Gasteiger partial charge < -0.3 is 14.5 Å². The molecule has 3 heteroatoms. The first-order valence-corrected chi connectivity index (χ1v) is 5.68. The first kappa shape index (κ1) is 11.7. The van der Waals surface area contributed by atoms with E-state index in [-0.39, 0.29) is 0 Å². The number of benzene rings is 1. The van der Waals surface area contributed by atoms with Crippen LogP contribution in [-0.4, -0.2) is 7.11 Å². The van der Waals surface area contributed by atoms with Crippen molar-refractivity contribution in [3.05, 3.63) is 54.0 Å². The molecule has 0 saturated carbocycles. The molecule has 90 valence electrons. The molecule has 0 unspecified atom stereocenters. The van der Waals surface area contributed by atoms with Gasteiger partial charge in [0.05, 0.1) is 19.6 Å². The number of furan rings is 1. The zero-order valence-electron chi connectivity index (χ0n) is 10.1. The van der Waals surface area contributed by atoms with Crippen molar-refractivity contribution in [1.29, 1.82) is 0 Å². The van der Waals surface area contributed by atoms with Crippen LogP contribution in [0.5, 0.6) is 5.75 Å². The van der Waals surface area contributed by atoms with Crippen molar-refractivity contribution in [2.24, 2.45) is 0 Å². The van der Waals surface area contributed by atoms with Gasteiger partial charge in [0.2, 0.25) is 0 Å². The molecule has 0 amide bonds. The van der Waals surface area contributed by atoms with E-state index < -0.39 is 0 Å². The number of hydrogen-bond acceptors (Lipinski definition) is 3. The summed E-state index contributed by atoms with van der Waals surface area (Å²) < 4.78 is 10.2. The molecule has 0 aliphatic rings. The van der Waals surface area contributed by atoms with Gasteiger partial charge >= 0.3 is 0 Å². The van der Waals surface area contributed by atoms with Crippen LogP contribution in [0.2, 0.25) is 0 Å². The van der Waals surface area contributed by atoms with Gasteiger partial charge in [-0.1, -0.05) is 12.1 Å². The van der Waals surface area contributed by atoms with Crippen LogP contribution in [0.1, 0.15) is 24.1 Å². The highest BCUT2D eigenvalue weighted by Crippen LogP contribution is 2.17. The molecule has 17 heavy (non-hydrogen) atoms. The molecule has 0 saturated heterocycles. The van der Waals surface area contributed by atoms with Crippen LogP contribution in [0.25, 0.3) is 0 Å². The maximum absolute atomic E-state index is 5.13. The Morgan fingerprint density at radius 2 is 2.00 bits per heavy atom. The lowest BCUT2D eigenvalue weighted by molar-refractivity contribution is 0.414. The summed E-state index contributed by atoms with van der Waals surface area (Å²) in [7, 11) is 1.68. The second-order valence-corrected chi connectivity index (χ2v) is 4.01. The van der Waals surface area contributed by atoms with Crippen molar-refractivity contribution in [3.63, 3.8) is 0 Å². The van der Waals surface area contributed by atoms with Crippen molar-refractivity contribution in [1.82, 2.24) is 5.32 Å². The van der Waals surface area contributed by atoms with Gasteiger partial charge in [0, 0.05) is 18.2 Å². The zero-order chi connectivity index (χ0) is 12.1. The van der Waals surface area contributed by atoms with Crippen LogP contribution in [0, 0.1) is 0 Å². The van der Waals surface area contributed by atoms with Gasteiger partial charge in [-0.05, 0) is 30.7 Å². The van der Waals surface area contributed by atoms with E-state index in [9.17, 15) is 0 Å².